The molecule has 0 atom stereocenters. The second kappa shape index (κ2) is 4.37. The minimum atomic E-state index is -0.409. The average molecular weight is 233 g/mol. The highest BCUT2D eigenvalue weighted by molar-refractivity contribution is 5.41. The van der Waals surface area contributed by atoms with Gasteiger partial charge in [0.1, 0.15) is 5.82 Å². The Balaban J connectivity index is 2.37. The Morgan fingerprint density at radius 2 is 2.18 bits per heavy atom. The van der Waals surface area contributed by atoms with Crippen LogP contribution < -0.4 is 11.4 Å². The summed E-state index contributed by atoms with van der Waals surface area (Å²) in [6.45, 7) is 2.10. The predicted molar refractivity (Wildman–Crippen MR) is 63.1 cm³/mol. The molecule has 2 N–H and O–H groups in total. The number of aromatic nitrogens is 2. The van der Waals surface area contributed by atoms with E-state index in [-0.39, 0.29) is 12.2 Å². The van der Waals surface area contributed by atoms with Crippen LogP contribution in [0.25, 0.3) is 0 Å². The van der Waals surface area contributed by atoms with Crippen molar-refractivity contribution in [3.05, 3.63) is 58.0 Å². The van der Waals surface area contributed by atoms with Gasteiger partial charge in [0.15, 0.2) is 0 Å². The van der Waals surface area contributed by atoms with Gasteiger partial charge >= 0.3 is 5.69 Å². The van der Waals surface area contributed by atoms with Crippen LogP contribution in [0.1, 0.15) is 11.1 Å². The van der Waals surface area contributed by atoms with Gasteiger partial charge in [0.25, 0.3) is 0 Å². The van der Waals surface area contributed by atoms with E-state index in [0.29, 0.717) is 11.3 Å². The van der Waals surface area contributed by atoms with Crippen LogP contribution in [-0.2, 0) is 6.54 Å². The van der Waals surface area contributed by atoms with E-state index in [2.05, 4.69) is 4.98 Å². The van der Waals surface area contributed by atoms with Crippen LogP contribution >= 0.6 is 0 Å². The maximum atomic E-state index is 13.1. The van der Waals surface area contributed by atoms with Gasteiger partial charge in [0.05, 0.1) is 6.54 Å². The lowest BCUT2D eigenvalue weighted by molar-refractivity contribution is 0.622. The SMILES string of the molecule is Cc1cnc(=O)n(Cc2cc(N)cc(F)c2)c1. The molecule has 0 aliphatic heterocycles. The summed E-state index contributed by atoms with van der Waals surface area (Å²) < 4.78 is 14.5. The molecule has 0 radical (unpaired) electrons. The number of anilines is 1. The van der Waals surface area contributed by atoms with E-state index in [1.165, 1.54) is 22.9 Å². The Hall–Kier alpha value is -2.17. The summed E-state index contributed by atoms with van der Waals surface area (Å²) in [5, 5.41) is 0. The Morgan fingerprint density at radius 3 is 2.88 bits per heavy atom. The number of nitrogens with two attached hydrogens (primary N) is 1. The molecule has 4 nitrogen and oxygen atoms in total. The number of nitrogens with zero attached hydrogens (tertiary/aromatic N) is 2. The first-order valence-corrected chi connectivity index (χ1v) is 5.12. The highest BCUT2D eigenvalue weighted by Crippen LogP contribution is 2.11. The first-order chi connectivity index (χ1) is 8.04. The molecule has 0 bridgehead atoms. The Labute approximate surface area is 97.5 Å². The minimum absolute atomic E-state index is 0.259. The fourth-order valence-electron chi connectivity index (χ4n) is 1.64. The van der Waals surface area contributed by atoms with Crippen LogP contribution in [0.5, 0.6) is 0 Å². The number of halogens is 1. The zero-order chi connectivity index (χ0) is 12.4. The lowest BCUT2D eigenvalue weighted by Gasteiger charge is -2.06. The second-order valence-corrected chi connectivity index (χ2v) is 3.93. The molecule has 0 aliphatic rings. The molecule has 2 aromatic rings. The number of rotatable bonds is 2. The van der Waals surface area contributed by atoms with Crippen molar-refractivity contribution in [1.29, 1.82) is 0 Å². The third-order valence-electron chi connectivity index (χ3n) is 2.32. The standard InChI is InChI=1S/C12H12FN3O/c1-8-5-15-12(17)16(6-8)7-9-2-10(13)4-11(14)3-9/h2-6H,7,14H2,1H3. The molecular formula is C12H12FN3O. The maximum absolute atomic E-state index is 13.1. The van der Waals surface area contributed by atoms with E-state index in [1.54, 1.807) is 12.3 Å². The summed E-state index contributed by atoms with van der Waals surface area (Å²) >= 11 is 0. The summed E-state index contributed by atoms with van der Waals surface area (Å²) in [7, 11) is 0. The average Bonchev–Trinajstić information content (AvgIpc) is 2.22. The van der Waals surface area contributed by atoms with Gasteiger partial charge in [-0.2, -0.15) is 0 Å². The molecule has 17 heavy (non-hydrogen) atoms. The molecule has 0 aliphatic carbocycles. The quantitative estimate of drug-likeness (QED) is 0.796. The van der Waals surface area contributed by atoms with Gasteiger partial charge in [-0.1, -0.05) is 0 Å². The first-order valence-electron chi connectivity index (χ1n) is 5.12. The fraction of sp³-hybridized carbons (Fsp3) is 0.167. The number of hydrogen-bond acceptors (Lipinski definition) is 3. The van der Waals surface area contributed by atoms with E-state index in [9.17, 15) is 9.18 Å². The lowest BCUT2D eigenvalue weighted by atomic mass is 10.2. The van der Waals surface area contributed by atoms with Gasteiger partial charge in [0, 0.05) is 18.1 Å². The molecule has 0 unspecified atom stereocenters. The van der Waals surface area contributed by atoms with Crippen molar-refractivity contribution in [1.82, 2.24) is 9.55 Å². The number of aryl methyl sites for hydroxylation is 1. The zero-order valence-corrected chi connectivity index (χ0v) is 9.35. The third-order valence-corrected chi connectivity index (χ3v) is 2.32. The van der Waals surface area contributed by atoms with Crippen LogP contribution in [0.3, 0.4) is 0 Å². The lowest BCUT2D eigenvalue weighted by Crippen LogP contribution is -2.22. The molecule has 1 aromatic carbocycles. The molecule has 0 saturated carbocycles. The molecule has 0 fully saturated rings. The van der Waals surface area contributed by atoms with Crippen LogP contribution in [0, 0.1) is 12.7 Å². The summed E-state index contributed by atoms with van der Waals surface area (Å²) in [4.78, 5) is 15.2. The Morgan fingerprint density at radius 1 is 1.41 bits per heavy atom. The zero-order valence-electron chi connectivity index (χ0n) is 9.35. The molecule has 2 rings (SSSR count). The van der Waals surface area contributed by atoms with Gasteiger partial charge in [0.2, 0.25) is 0 Å². The smallest absolute Gasteiger partial charge is 0.347 e. The summed E-state index contributed by atoms with van der Waals surface area (Å²) in [5.41, 5.74) is 7.02. The van der Waals surface area contributed by atoms with Crippen LogP contribution in [0.15, 0.2) is 35.4 Å². The Kier molecular flexibility index (Phi) is 2.91. The largest absolute Gasteiger partial charge is 0.399 e. The van der Waals surface area contributed by atoms with Crippen molar-refractivity contribution in [2.24, 2.45) is 0 Å². The number of hydrogen-bond donors (Lipinski definition) is 1. The monoisotopic (exact) mass is 233 g/mol. The van der Waals surface area contributed by atoms with E-state index < -0.39 is 5.82 Å². The van der Waals surface area contributed by atoms with Crippen molar-refractivity contribution in [3.8, 4) is 0 Å². The van der Waals surface area contributed by atoms with E-state index in [1.807, 2.05) is 6.92 Å². The normalized spacial score (nSPS) is 10.5. The highest BCUT2D eigenvalue weighted by atomic mass is 19.1. The molecule has 1 aromatic heterocycles. The molecule has 1 heterocycles. The van der Waals surface area contributed by atoms with Gasteiger partial charge in [-0.05, 0) is 36.2 Å². The van der Waals surface area contributed by atoms with Gasteiger partial charge < -0.3 is 5.73 Å². The van der Waals surface area contributed by atoms with Gasteiger partial charge in [-0.3, -0.25) is 4.57 Å². The highest BCUT2D eigenvalue weighted by Gasteiger charge is 2.02. The summed E-state index contributed by atoms with van der Waals surface area (Å²) in [5.74, 6) is -0.409. The molecule has 0 spiro atoms. The van der Waals surface area contributed by atoms with Crippen molar-refractivity contribution >= 4 is 5.69 Å². The number of nitrogen functional groups attached to an aromatic ring is 1. The van der Waals surface area contributed by atoms with Crippen molar-refractivity contribution in [2.45, 2.75) is 13.5 Å². The molecule has 88 valence electrons. The van der Waals surface area contributed by atoms with E-state index in [4.69, 9.17) is 5.73 Å². The second-order valence-electron chi connectivity index (χ2n) is 3.93. The van der Waals surface area contributed by atoms with Gasteiger partial charge in [-0.25, -0.2) is 14.2 Å². The topological polar surface area (TPSA) is 60.9 Å². The van der Waals surface area contributed by atoms with Gasteiger partial charge in [-0.15, -0.1) is 0 Å². The minimum Gasteiger partial charge on any atom is -0.399 e. The summed E-state index contributed by atoms with van der Waals surface area (Å²) in [6, 6.07) is 4.23. The van der Waals surface area contributed by atoms with Crippen molar-refractivity contribution in [3.63, 3.8) is 0 Å². The van der Waals surface area contributed by atoms with Crippen LogP contribution in [0.4, 0.5) is 10.1 Å². The molecule has 0 amide bonds. The molecular weight excluding hydrogens is 221 g/mol. The first kappa shape index (κ1) is 11.3. The van der Waals surface area contributed by atoms with Crippen molar-refractivity contribution in [2.75, 3.05) is 5.73 Å². The molecule has 5 heteroatoms. The maximum Gasteiger partial charge on any atom is 0.347 e. The number of benzene rings is 1. The Bertz CT molecular complexity index is 587. The summed E-state index contributed by atoms with van der Waals surface area (Å²) in [6.07, 6.45) is 3.18. The van der Waals surface area contributed by atoms with Crippen LogP contribution in [0.2, 0.25) is 0 Å². The van der Waals surface area contributed by atoms with Crippen LogP contribution in [-0.4, -0.2) is 9.55 Å². The third kappa shape index (κ3) is 2.69. The van der Waals surface area contributed by atoms with Crippen molar-refractivity contribution < 1.29 is 4.39 Å². The predicted octanol–water partition coefficient (Wildman–Crippen LogP) is 1.32. The van der Waals surface area contributed by atoms with E-state index in [0.717, 1.165) is 5.56 Å². The van der Waals surface area contributed by atoms with E-state index >= 15 is 0 Å². The molecule has 0 saturated heterocycles. The fourth-order valence-corrected chi connectivity index (χ4v) is 1.64.